The van der Waals surface area contributed by atoms with E-state index in [1.807, 2.05) is 39.0 Å². The van der Waals surface area contributed by atoms with E-state index in [-0.39, 0.29) is 18.0 Å². The smallest absolute Gasteiger partial charge is 0.407 e. The second-order valence-electron chi connectivity index (χ2n) is 6.75. The minimum atomic E-state index is -0.491. The predicted molar refractivity (Wildman–Crippen MR) is 85.9 cm³/mol. The summed E-state index contributed by atoms with van der Waals surface area (Å²) in [4.78, 5) is 23.0. The molecule has 0 aliphatic heterocycles. The molecule has 1 unspecified atom stereocenters. The standard InChI is InChI=1S/C17H24N2O3/c1-11(20)18-14-7-5-12-6-8-15(10-13(12)9-14)19-16(21)22-17(2,3)4/h5,7,9,15H,6,8,10H2,1-4H3,(H,18,20)(H,19,21). The Bertz CT molecular complexity index is 576. The fourth-order valence-electron chi connectivity index (χ4n) is 2.64. The molecule has 0 bridgehead atoms. The lowest BCUT2D eigenvalue weighted by atomic mass is 9.88. The molecule has 0 aromatic heterocycles. The van der Waals surface area contributed by atoms with Crippen LogP contribution in [0.4, 0.5) is 10.5 Å². The summed E-state index contributed by atoms with van der Waals surface area (Å²) in [6.07, 6.45) is 2.18. The summed E-state index contributed by atoms with van der Waals surface area (Å²) in [5.74, 6) is -0.0841. The highest BCUT2D eigenvalue weighted by Crippen LogP contribution is 2.25. The van der Waals surface area contributed by atoms with E-state index in [4.69, 9.17) is 4.74 Å². The van der Waals surface area contributed by atoms with Crippen LogP contribution < -0.4 is 10.6 Å². The summed E-state index contributed by atoms with van der Waals surface area (Å²) in [6.45, 7) is 7.04. The Morgan fingerprint density at radius 1 is 1.23 bits per heavy atom. The van der Waals surface area contributed by atoms with E-state index in [9.17, 15) is 9.59 Å². The van der Waals surface area contributed by atoms with Crippen LogP contribution in [0.1, 0.15) is 45.2 Å². The quantitative estimate of drug-likeness (QED) is 0.882. The van der Waals surface area contributed by atoms with Gasteiger partial charge in [0.15, 0.2) is 0 Å². The molecular formula is C17H24N2O3. The highest BCUT2D eigenvalue weighted by molar-refractivity contribution is 5.88. The number of hydrogen-bond donors (Lipinski definition) is 2. The van der Waals surface area contributed by atoms with Gasteiger partial charge in [0.25, 0.3) is 0 Å². The molecule has 120 valence electrons. The number of carbonyl (C=O) groups excluding carboxylic acids is 2. The van der Waals surface area contributed by atoms with Crippen molar-refractivity contribution in [2.75, 3.05) is 5.32 Å². The lowest BCUT2D eigenvalue weighted by Crippen LogP contribution is -2.41. The summed E-state index contributed by atoms with van der Waals surface area (Å²) in [5, 5.41) is 5.72. The molecule has 2 amide bonds. The van der Waals surface area contributed by atoms with Crippen LogP contribution in [0, 0.1) is 0 Å². The highest BCUT2D eigenvalue weighted by Gasteiger charge is 2.23. The van der Waals surface area contributed by atoms with Crippen molar-refractivity contribution in [3.8, 4) is 0 Å². The Balaban J connectivity index is 2.00. The first-order valence-electron chi connectivity index (χ1n) is 7.62. The predicted octanol–water partition coefficient (Wildman–Crippen LogP) is 3.03. The summed E-state index contributed by atoms with van der Waals surface area (Å²) < 4.78 is 5.30. The van der Waals surface area contributed by atoms with Gasteiger partial charge in [0.2, 0.25) is 5.91 Å². The number of carbonyl (C=O) groups is 2. The van der Waals surface area contributed by atoms with Gasteiger partial charge < -0.3 is 15.4 Å². The Kier molecular flexibility index (Phi) is 4.74. The van der Waals surface area contributed by atoms with E-state index >= 15 is 0 Å². The van der Waals surface area contributed by atoms with Crippen molar-refractivity contribution in [1.29, 1.82) is 0 Å². The first-order chi connectivity index (χ1) is 10.2. The summed E-state index contributed by atoms with van der Waals surface area (Å²) >= 11 is 0. The maximum Gasteiger partial charge on any atom is 0.407 e. The molecule has 0 saturated carbocycles. The summed E-state index contributed by atoms with van der Waals surface area (Å²) in [7, 11) is 0. The van der Waals surface area contributed by atoms with Crippen molar-refractivity contribution in [2.45, 2.75) is 58.6 Å². The van der Waals surface area contributed by atoms with Gasteiger partial charge in [-0.1, -0.05) is 6.07 Å². The SMILES string of the molecule is CC(=O)Nc1ccc2c(c1)CC(NC(=O)OC(C)(C)C)CC2. The Hall–Kier alpha value is -2.04. The number of anilines is 1. The van der Waals surface area contributed by atoms with Gasteiger partial charge in [-0.3, -0.25) is 4.79 Å². The number of aryl methyl sites for hydroxylation is 1. The van der Waals surface area contributed by atoms with E-state index in [0.717, 1.165) is 24.9 Å². The number of ether oxygens (including phenoxy) is 1. The monoisotopic (exact) mass is 304 g/mol. The van der Waals surface area contributed by atoms with Crippen LogP contribution in [0.25, 0.3) is 0 Å². The lowest BCUT2D eigenvalue weighted by Gasteiger charge is -2.27. The molecule has 0 spiro atoms. The molecule has 22 heavy (non-hydrogen) atoms. The normalized spacial score (nSPS) is 17.4. The van der Waals surface area contributed by atoms with Crippen LogP contribution in [-0.4, -0.2) is 23.6 Å². The van der Waals surface area contributed by atoms with Crippen LogP contribution in [-0.2, 0) is 22.4 Å². The fourth-order valence-corrected chi connectivity index (χ4v) is 2.64. The minimum Gasteiger partial charge on any atom is -0.444 e. The Labute approximate surface area is 131 Å². The third-order valence-corrected chi connectivity index (χ3v) is 3.48. The van der Waals surface area contributed by atoms with Gasteiger partial charge in [-0.2, -0.15) is 0 Å². The maximum absolute atomic E-state index is 11.9. The maximum atomic E-state index is 11.9. The fraction of sp³-hybridized carbons (Fsp3) is 0.529. The molecule has 0 fully saturated rings. The van der Waals surface area contributed by atoms with Gasteiger partial charge in [-0.25, -0.2) is 4.79 Å². The zero-order valence-electron chi connectivity index (χ0n) is 13.7. The average Bonchev–Trinajstić information content (AvgIpc) is 2.35. The number of amides is 2. The summed E-state index contributed by atoms with van der Waals surface area (Å²) in [6, 6.07) is 6.01. The molecule has 1 aliphatic rings. The van der Waals surface area contributed by atoms with E-state index < -0.39 is 5.60 Å². The van der Waals surface area contributed by atoms with Crippen molar-refractivity contribution in [2.24, 2.45) is 0 Å². The van der Waals surface area contributed by atoms with Gasteiger partial charge in [0.05, 0.1) is 0 Å². The molecule has 5 nitrogen and oxygen atoms in total. The number of hydrogen-bond acceptors (Lipinski definition) is 3. The van der Waals surface area contributed by atoms with Crippen LogP contribution in [0.15, 0.2) is 18.2 Å². The van der Waals surface area contributed by atoms with Crippen molar-refractivity contribution in [3.63, 3.8) is 0 Å². The zero-order chi connectivity index (χ0) is 16.3. The van der Waals surface area contributed by atoms with Crippen LogP contribution in [0.5, 0.6) is 0 Å². The second-order valence-corrected chi connectivity index (χ2v) is 6.75. The average molecular weight is 304 g/mol. The number of rotatable bonds is 2. The number of benzene rings is 1. The molecule has 1 aliphatic carbocycles. The Morgan fingerprint density at radius 2 is 1.95 bits per heavy atom. The molecule has 2 N–H and O–H groups in total. The number of alkyl carbamates (subject to hydrolysis) is 1. The Morgan fingerprint density at radius 3 is 2.59 bits per heavy atom. The van der Waals surface area contributed by atoms with Crippen molar-refractivity contribution >= 4 is 17.7 Å². The van der Waals surface area contributed by atoms with Crippen molar-refractivity contribution < 1.29 is 14.3 Å². The molecule has 1 aromatic rings. The van der Waals surface area contributed by atoms with E-state index in [1.54, 1.807) is 0 Å². The summed E-state index contributed by atoms with van der Waals surface area (Å²) in [5.41, 5.74) is 2.74. The molecular weight excluding hydrogens is 280 g/mol. The number of nitrogens with one attached hydrogen (secondary N) is 2. The molecule has 1 aromatic carbocycles. The van der Waals surface area contributed by atoms with Gasteiger partial charge in [0, 0.05) is 18.7 Å². The van der Waals surface area contributed by atoms with Crippen molar-refractivity contribution in [1.82, 2.24) is 5.32 Å². The van der Waals surface area contributed by atoms with Gasteiger partial charge in [0.1, 0.15) is 5.60 Å². The molecule has 0 heterocycles. The highest BCUT2D eigenvalue weighted by atomic mass is 16.6. The van der Waals surface area contributed by atoms with Crippen LogP contribution >= 0.6 is 0 Å². The topological polar surface area (TPSA) is 67.4 Å². The largest absolute Gasteiger partial charge is 0.444 e. The molecule has 0 saturated heterocycles. The molecule has 0 radical (unpaired) electrons. The van der Waals surface area contributed by atoms with Gasteiger partial charge in [-0.05, 0) is 63.3 Å². The second kappa shape index (κ2) is 6.38. The van der Waals surface area contributed by atoms with Gasteiger partial charge in [-0.15, -0.1) is 0 Å². The van der Waals surface area contributed by atoms with Crippen molar-refractivity contribution in [3.05, 3.63) is 29.3 Å². The number of fused-ring (bicyclic) bond motifs is 1. The van der Waals surface area contributed by atoms with Crippen LogP contribution in [0.2, 0.25) is 0 Å². The lowest BCUT2D eigenvalue weighted by molar-refractivity contribution is -0.114. The zero-order valence-corrected chi connectivity index (χ0v) is 13.7. The van der Waals surface area contributed by atoms with Gasteiger partial charge >= 0.3 is 6.09 Å². The minimum absolute atomic E-state index is 0.0647. The molecule has 1 atom stereocenters. The van der Waals surface area contributed by atoms with E-state index in [2.05, 4.69) is 10.6 Å². The van der Waals surface area contributed by atoms with E-state index in [0.29, 0.717) is 0 Å². The molecule has 2 rings (SSSR count). The molecule has 5 heteroatoms. The first kappa shape index (κ1) is 16.3. The third kappa shape index (κ3) is 4.76. The van der Waals surface area contributed by atoms with E-state index in [1.165, 1.54) is 18.1 Å². The third-order valence-electron chi connectivity index (χ3n) is 3.48. The van der Waals surface area contributed by atoms with Crippen LogP contribution in [0.3, 0.4) is 0 Å². The first-order valence-corrected chi connectivity index (χ1v) is 7.62.